The topological polar surface area (TPSA) is 134 Å². The van der Waals surface area contributed by atoms with E-state index in [0.717, 1.165) is 48.5 Å². The summed E-state index contributed by atoms with van der Waals surface area (Å²) in [7, 11) is 0. The number of halogens is 1. The van der Waals surface area contributed by atoms with E-state index < -0.39 is 52.3 Å². The van der Waals surface area contributed by atoms with E-state index in [1.807, 2.05) is 0 Å². The number of carbonyl (C=O) groups is 2. The number of para-hydroxylation sites is 1. The second kappa shape index (κ2) is 7.77. The maximum absolute atomic E-state index is 14.2. The van der Waals surface area contributed by atoms with Crippen LogP contribution in [-0.4, -0.2) is 32.4 Å². The van der Waals surface area contributed by atoms with Gasteiger partial charge in [-0.25, -0.2) is 14.0 Å². The van der Waals surface area contributed by atoms with Crippen LogP contribution in [0, 0.1) is 5.82 Å². The second-order valence-corrected chi connectivity index (χ2v) is 5.82. The SMILES string of the molecule is O=C(Oc1cccc(F)c1OC(=O)c1cc(O)cc(O)c1)c1cc(O)cc(O)c1. The molecule has 0 unspecified atom stereocenters. The molecular formula is C20H13FO8. The highest BCUT2D eigenvalue weighted by molar-refractivity contribution is 5.94. The van der Waals surface area contributed by atoms with E-state index in [1.165, 1.54) is 6.07 Å². The number of benzene rings is 3. The number of rotatable bonds is 4. The van der Waals surface area contributed by atoms with Gasteiger partial charge in [0, 0.05) is 12.1 Å². The van der Waals surface area contributed by atoms with E-state index in [2.05, 4.69) is 0 Å². The van der Waals surface area contributed by atoms with Gasteiger partial charge in [-0.1, -0.05) is 6.07 Å². The third kappa shape index (κ3) is 4.53. The third-order valence-electron chi connectivity index (χ3n) is 3.60. The Bertz CT molecular complexity index is 1070. The minimum atomic E-state index is -1.13. The molecule has 0 amide bonds. The highest BCUT2D eigenvalue weighted by atomic mass is 19.1. The Balaban J connectivity index is 1.89. The van der Waals surface area contributed by atoms with E-state index in [9.17, 15) is 34.4 Å². The lowest BCUT2D eigenvalue weighted by Crippen LogP contribution is -2.13. The minimum Gasteiger partial charge on any atom is -0.508 e. The molecule has 3 rings (SSSR count). The average Bonchev–Trinajstić information content (AvgIpc) is 2.62. The van der Waals surface area contributed by atoms with Crippen LogP contribution < -0.4 is 9.47 Å². The van der Waals surface area contributed by atoms with Crippen molar-refractivity contribution in [1.29, 1.82) is 0 Å². The van der Waals surface area contributed by atoms with Crippen LogP contribution in [0.15, 0.2) is 54.6 Å². The highest BCUT2D eigenvalue weighted by Gasteiger charge is 2.21. The molecule has 0 saturated heterocycles. The number of phenolic OH excluding ortho intramolecular Hbond substituents is 4. The molecule has 0 aliphatic rings. The van der Waals surface area contributed by atoms with Crippen LogP contribution in [0.5, 0.6) is 34.5 Å². The molecule has 0 radical (unpaired) electrons. The number of carbonyl (C=O) groups excluding carboxylic acids is 2. The van der Waals surface area contributed by atoms with Gasteiger partial charge >= 0.3 is 11.9 Å². The molecule has 0 saturated carbocycles. The summed E-state index contributed by atoms with van der Waals surface area (Å²) >= 11 is 0. The zero-order chi connectivity index (χ0) is 21.1. The van der Waals surface area contributed by atoms with Gasteiger partial charge in [-0.15, -0.1) is 0 Å². The first-order valence-corrected chi connectivity index (χ1v) is 8.02. The van der Waals surface area contributed by atoms with E-state index in [-0.39, 0.29) is 11.1 Å². The Morgan fingerprint density at radius 3 is 1.62 bits per heavy atom. The molecule has 0 spiro atoms. The first-order valence-electron chi connectivity index (χ1n) is 8.02. The zero-order valence-corrected chi connectivity index (χ0v) is 14.5. The van der Waals surface area contributed by atoms with Crippen molar-refractivity contribution in [3.8, 4) is 34.5 Å². The van der Waals surface area contributed by atoms with Gasteiger partial charge in [-0.2, -0.15) is 0 Å². The van der Waals surface area contributed by atoms with Gasteiger partial charge in [0.05, 0.1) is 11.1 Å². The molecule has 0 aromatic heterocycles. The van der Waals surface area contributed by atoms with Crippen LogP contribution in [0.2, 0.25) is 0 Å². The van der Waals surface area contributed by atoms with Crippen LogP contribution in [0.1, 0.15) is 20.7 Å². The number of ether oxygens (including phenoxy) is 2. The Labute approximate surface area is 162 Å². The molecule has 3 aromatic carbocycles. The molecule has 4 N–H and O–H groups in total. The first-order chi connectivity index (χ1) is 13.7. The lowest BCUT2D eigenvalue weighted by atomic mass is 10.2. The molecule has 8 nitrogen and oxygen atoms in total. The van der Waals surface area contributed by atoms with Crippen LogP contribution in [0.3, 0.4) is 0 Å². The smallest absolute Gasteiger partial charge is 0.344 e. The molecule has 9 heteroatoms. The maximum atomic E-state index is 14.2. The van der Waals surface area contributed by atoms with Crippen molar-refractivity contribution in [3.05, 3.63) is 71.5 Å². The van der Waals surface area contributed by atoms with Crippen LogP contribution in [0.25, 0.3) is 0 Å². The van der Waals surface area contributed by atoms with Gasteiger partial charge in [0.15, 0.2) is 11.6 Å². The quantitative estimate of drug-likeness (QED) is 0.388. The van der Waals surface area contributed by atoms with Gasteiger partial charge in [0.1, 0.15) is 23.0 Å². The second-order valence-electron chi connectivity index (χ2n) is 5.82. The van der Waals surface area contributed by atoms with Crippen molar-refractivity contribution >= 4 is 11.9 Å². The zero-order valence-electron chi connectivity index (χ0n) is 14.5. The van der Waals surface area contributed by atoms with Crippen LogP contribution >= 0.6 is 0 Å². The Morgan fingerprint density at radius 2 is 1.14 bits per heavy atom. The van der Waals surface area contributed by atoms with Gasteiger partial charge in [-0.05, 0) is 36.4 Å². The van der Waals surface area contributed by atoms with Gasteiger partial charge in [-0.3, -0.25) is 0 Å². The van der Waals surface area contributed by atoms with Gasteiger partial charge in [0.25, 0.3) is 0 Å². The van der Waals surface area contributed by atoms with E-state index in [1.54, 1.807) is 0 Å². The Morgan fingerprint density at radius 1 is 0.690 bits per heavy atom. The van der Waals surface area contributed by atoms with Crippen molar-refractivity contribution in [2.75, 3.05) is 0 Å². The molecule has 29 heavy (non-hydrogen) atoms. The molecule has 0 aliphatic heterocycles. The fraction of sp³-hybridized carbons (Fsp3) is 0. The fourth-order valence-electron chi connectivity index (χ4n) is 2.40. The summed E-state index contributed by atoms with van der Waals surface area (Å²) in [6.07, 6.45) is 0. The molecule has 0 atom stereocenters. The van der Waals surface area contributed by atoms with E-state index >= 15 is 0 Å². The van der Waals surface area contributed by atoms with E-state index in [0.29, 0.717) is 0 Å². The molecule has 0 aliphatic carbocycles. The summed E-state index contributed by atoms with van der Waals surface area (Å²) in [4.78, 5) is 24.5. The number of phenols is 4. The third-order valence-corrected chi connectivity index (χ3v) is 3.60. The predicted molar refractivity (Wildman–Crippen MR) is 95.9 cm³/mol. The molecule has 3 aromatic rings. The monoisotopic (exact) mass is 400 g/mol. The number of aromatic hydroxyl groups is 4. The van der Waals surface area contributed by atoms with Crippen molar-refractivity contribution in [3.63, 3.8) is 0 Å². The summed E-state index contributed by atoms with van der Waals surface area (Å²) in [6.45, 7) is 0. The normalized spacial score (nSPS) is 10.4. The van der Waals surface area contributed by atoms with Gasteiger partial charge in [0.2, 0.25) is 5.75 Å². The average molecular weight is 400 g/mol. The fourth-order valence-corrected chi connectivity index (χ4v) is 2.40. The lowest BCUT2D eigenvalue weighted by molar-refractivity contribution is 0.0676. The molecular weight excluding hydrogens is 387 g/mol. The Hall–Kier alpha value is -4.27. The van der Waals surface area contributed by atoms with Crippen LogP contribution in [-0.2, 0) is 0 Å². The van der Waals surface area contributed by atoms with Crippen molar-refractivity contribution < 1.29 is 43.9 Å². The van der Waals surface area contributed by atoms with Gasteiger partial charge < -0.3 is 29.9 Å². The summed E-state index contributed by atoms with van der Waals surface area (Å²) in [5.74, 6) is -6.00. The molecule has 0 bridgehead atoms. The summed E-state index contributed by atoms with van der Waals surface area (Å²) in [5, 5.41) is 37.8. The van der Waals surface area contributed by atoms with E-state index in [4.69, 9.17) is 9.47 Å². The predicted octanol–water partition coefficient (Wildman–Crippen LogP) is 3.09. The molecule has 148 valence electrons. The summed E-state index contributed by atoms with van der Waals surface area (Å²) < 4.78 is 24.2. The summed E-state index contributed by atoms with van der Waals surface area (Å²) in [6, 6.07) is 9.32. The highest BCUT2D eigenvalue weighted by Crippen LogP contribution is 2.33. The number of hydrogen-bond donors (Lipinski definition) is 4. The minimum absolute atomic E-state index is 0.234. The lowest BCUT2D eigenvalue weighted by Gasteiger charge is -2.12. The van der Waals surface area contributed by atoms with Crippen molar-refractivity contribution in [1.82, 2.24) is 0 Å². The number of esters is 2. The van der Waals surface area contributed by atoms with Crippen molar-refractivity contribution in [2.45, 2.75) is 0 Å². The van der Waals surface area contributed by atoms with Crippen LogP contribution in [0.4, 0.5) is 4.39 Å². The molecule has 0 fully saturated rings. The first kappa shape index (κ1) is 19.5. The van der Waals surface area contributed by atoms with Crippen molar-refractivity contribution in [2.24, 2.45) is 0 Å². The summed E-state index contributed by atoms with van der Waals surface area (Å²) in [5.41, 5.74) is -0.511. The Kier molecular flexibility index (Phi) is 5.22. The number of hydrogen-bond acceptors (Lipinski definition) is 8. The standard InChI is InChI=1S/C20H13FO8/c21-16-2-1-3-17(28-19(26)10-4-12(22)8-13(23)5-10)18(16)29-20(27)11-6-14(24)9-15(25)7-11/h1-9,22-25H. The largest absolute Gasteiger partial charge is 0.508 e. The maximum Gasteiger partial charge on any atom is 0.344 e. The molecule has 0 heterocycles.